The number of ether oxygens (including phenoxy) is 2. The van der Waals surface area contributed by atoms with Crippen LogP contribution in [0.15, 0.2) is 36.5 Å². The first-order chi connectivity index (χ1) is 17.2. The molecule has 2 saturated heterocycles. The Morgan fingerprint density at radius 2 is 1.94 bits per heavy atom. The van der Waals surface area contributed by atoms with Crippen LogP contribution in [0.3, 0.4) is 0 Å². The van der Waals surface area contributed by atoms with E-state index in [0.717, 1.165) is 17.8 Å². The van der Waals surface area contributed by atoms with Crippen LogP contribution in [0.4, 0.5) is 5.82 Å². The monoisotopic (exact) mass is 499 g/mol. The van der Waals surface area contributed by atoms with E-state index in [1.807, 2.05) is 37.4 Å². The summed E-state index contributed by atoms with van der Waals surface area (Å²) in [6, 6.07) is 9.84. The quantitative estimate of drug-likeness (QED) is 0.477. The van der Waals surface area contributed by atoms with Gasteiger partial charge in [-0.3, -0.25) is 4.79 Å². The van der Waals surface area contributed by atoms with Crippen molar-refractivity contribution in [2.24, 2.45) is 5.41 Å². The van der Waals surface area contributed by atoms with E-state index in [4.69, 9.17) is 9.47 Å². The lowest BCUT2D eigenvalue weighted by Gasteiger charge is -2.40. The molecule has 4 rings (SSSR count). The van der Waals surface area contributed by atoms with Gasteiger partial charge in [-0.25, -0.2) is 4.98 Å². The molecule has 2 fully saturated rings. The van der Waals surface area contributed by atoms with Crippen LogP contribution in [0.1, 0.15) is 37.8 Å². The number of aliphatic hydroxyl groups excluding tert-OH is 3. The van der Waals surface area contributed by atoms with Gasteiger partial charge in [0.2, 0.25) is 0 Å². The molecule has 3 heterocycles. The Morgan fingerprint density at radius 1 is 1.19 bits per heavy atom. The number of carbonyl (C=O) groups is 1. The van der Waals surface area contributed by atoms with Gasteiger partial charge in [-0.15, -0.1) is 0 Å². The van der Waals surface area contributed by atoms with Crippen molar-refractivity contribution in [3.63, 3.8) is 0 Å². The van der Waals surface area contributed by atoms with E-state index in [-0.39, 0.29) is 18.6 Å². The van der Waals surface area contributed by atoms with Crippen LogP contribution in [-0.2, 0) is 11.2 Å². The summed E-state index contributed by atoms with van der Waals surface area (Å²) >= 11 is 0. The molecule has 4 atom stereocenters. The van der Waals surface area contributed by atoms with E-state index < -0.39 is 30.1 Å². The predicted octanol–water partition coefficient (Wildman–Crippen LogP) is 1.59. The van der Waals surface area contributed by atoms with Crippen LogP contribution in [0, 0.1) is 5.41 Å². The number of hydrogen-bond acceptors (Lipinski definition) is 8. The average molecular weight is 500 g/mol. The van der Waals surface area contributed by atoms with Gasteiger partial charge in [0.1, 0.15) is 11.9 Å². The molecule has 1 aromatic carbocycles. The average Bonchev–Trinajstić information content (AvgIpc) is 3.23. The van der Waals surface area contributed by atoms with Crippen LogP contribution in [0.2, 0.25) is 0 Å². The molecule has 0 aliphatic carbocycles. The third-order valence-electron chi connectivity index (χ3n) is 7.73. The maximum atomic E-state index is 12.6. The highest BCUT2D eigenvalue weighted by Crippen LogP contribution is 2.47. The molecule has 36 heavy (non-hydrogen) atoms. The molecule has 9 nitrogen and oxygen atoms in total. The Bertz CT molecular complexity index is 1060. The predicted molar refractivity (Wildman–Crippen MR) is 135 cm³/mol. The van der Waals surface area contributed by atoms with E-state index in [0.29, 0.717) is 31.1 Å². The van der Waals surface area contributed by atoms with Crippen molar-refractivity contribution in [1.29, 1.82) is 0 Å². The van der Waals surface area contributed by atoms with Crippen molar-refractivity contribution in [1.82, 2.24) is 9.88 Å². The van der Waals surface area contributed by atoms with E-state index in [1.54, 1.807) is 14.0 Å². The van der Waals surface area contributed by atoms with E-state index in [1.165, 1.54) is 10.5 Å². The largest absolute Gasteiger partial charge is 0.493 e. The highest BCUT2D eigenvalue weighted by Gasteiger charge is 2.49. The van der Waals surface area contributed by atoms with Gasteiger partial charge < -0.3 is 34.6 Å². The summed E-state index contributed by atoms with van der Waals surface area (Å²) in [6.45, 7) is 7.14. The van der Waals surface area contributed by atoms with Crippen LogP contribution < -0.4 is 14.4 Å². The zero-order valence-electron chi connectivity index (χ0n) is 21.4. The van der Waals surface area contributed by atoms with Crippen molar-refractivity contribution in [2.45, 2.75) is 51.4 Å². The summed E-state index contributed by atoms with van der Waals surface area (Å²) in [5, 5.41) is 29.8. The maximum absolute atomic E-state index is 12.6. The van der Waals surface area contributed by atoms with Crippen LogP contribution in [0.25, 0.3) is 0 Å². The molecule has 3 N–H and O–H groups in total. The number of amides is 1. The van der Waals surface area contributed by atoms with Gasteiger partial charge in [-0.2, -0.15) is 0 Å². The first-order valence-corrected chi connectivity index (χ1v) is 12.5. The molecule has 2 aliphatic rings. The molecule has 1 amide bonds. The Labute approximate surface area is 212 Å². The number of benzene rings is 1. The highest BCUT2D eigenvalue weighted by molar-refractivity contribution is 5.81. The number of pyridine rings is 1. The van der Waals surface area contributed by atoms with Crippen molar-refractivity contribution < 1.29 is 29.6 Å². The number of carbonyl (C=O) groups excluding carboxylic acids is 1. The second-order valence-electron chi connectivity index (χ2n) is 10.1. The Hall–Kier alpha value is -2.88. The second kappa shape index (κ2) is 10.6. The minimum atomic E-state index is -1.47. The molecule has 9 heteroatoms. The second-order valence-corrected chi connectivity index (χ2v) is 10.1. The lowest BCUT2D eigenvalue weighted by Crippen LogP contribution is -2.54. The Morgan fingerprint density at radius 3 is 2.53 bits per heavy atom. The Kier molecular flexibility index (Phi) is 7.73. The van der Waals surface area contributed by atoms with Crippen LogP contribution in [0.5, 0.6) is 11.5 Å². The number of aromatic nitrogens is 1. The van der Waals surface area contributed by atoms with Gasteiger partial charge in [-0.1, -0.05) is 26.0 Å². The van der Waals surface area contributed by atoms with Gasteiger partial charge in [0.15, 0.2) is 17.6 Å². The molecule has 2 aromatic rings. The fraction of sp³-hybridized carbons (Fsp3) is 0.556. The number of hydrogen-bond donors (Lipinski definition) is 3. The van der Waals surface area contributed by atoms with Crippen molar-refractivity contribution in [2.75, 3.05) is 44.8 Å². The van der Waals surface area contributed by atoms with Gasteiger partial charge >= 0.3 is 0 Å². The van der Waals surface area contributed by atoms with Gasteiger partial charge in [0.25, 0.3) is 5.91 Å². The summed E-state index contributed by atoms with van der Waals surface area (Å²) in [5.74, 6) is 1.43. The zero-order valence-corrected chi connectivity index (χ0v) is 21.4. The lowest BCUT2D eigenvalue weighted by atomic mass is 9.72. The van der Waals surface area contributed by atoms with Crippen molar-refractivity contribution in [3.8, 4) is 11.5 Å². The maximum Gasteiger partial charge on any atom is 0.253 e. The third-order valence-corrected chi connectivity index (χ3v) is 7.73. The van der Waals surface area contributed by atoms with Crippen molar-refractivity contribution >= 4 is 11.7 Å². The summed E-state index contributed by atoms with van der Waals surface area (Å²) in [5.41, 5.74) is 1.48. The first kappa shape index (κ1) is 26.2. The van der Waals surface area contributed by atoms with E-state index >= 15 is 0 Å². The molecule has 0 unspecified atom stereocenters. The minimum Gasteiger partial charge on any atom is -0.493 e. The van der Waals surface area contributed by atoms with E-state index in [2.05, 4.69) is 22.9 Å². The standard InChI is InChI=1S/C27H37N3O6/c1-5-18-6-9-25(28-11-18)29-12-20(13-29)36-24-10-19(7-8-23(24)35-4)21-14-30(26(34)22(33)15-31)16-27(21,3)17(2)32/h6-11,17,20-22,31-33H,5,12-16H2,1-4H3/t17-,21+,22+,27+/m1/s1. The summed E-state index contributed by atoms with van der Waals surface area (Å²) in [4.78, 5) is 20.8. The zero-order chi connectivity index (χ0) is 26.0. The number of methoxy groups -OCH3 is 1. The smallest absolute Gasteiger partial charge is 0.253 e. The number of anilines is 1. The minimum absolute atomic E-state index is 0.0219. The van der Waals surface area contributed by atoms with Gasteiger partial charge in [0, 0.05) is 30.6 Å². The summed E-state index contributed by atoms with van der Waals surface area (Å²) in [7, 11) is 1.60. The fourth-order valence-corrected chi connectivity index (χ4v) is 5.08. The molecule has 196 valence electrons. The molecule has 1 aromatic heterocycles. The summed E-state index contributed by atoms with van der Waals surface area (Å²) in [6.07, 6.45) is 0.671. The van der Waals surface area contributed by atoms with Crippen LogP contribution >= 0.6 is 0 Å². The number of likely N-dealkylation sites (tertiary alicyclic amines) is 1. The molecular formula is C27H37N3O6. The number of rotatable bonds is 9. The molecule has 0 bridgehead atoms. The molecule has 0 spiro atoms. The molecular weight excluding hydrogens is 462 g/mol. The third kappa shape index (κ3) is 5.00. The fourth-order valence-electron chi connectivity index (χ4n) is 5.08. The number of aliphatic hydroxyl groups is 3. The number of nitrogens with zero attached hydrogens (tertiary/aromatic N) is 3. The number of aryl methyl sites for hydroxylation is 1. The first-order valence-electron chi connectivity index (χ1n) is 12.5. The molecule has 0 saturated carbocycles. The van der Waals surface area contributed by atoms with Crippen LogP contribution in [-0.4, -0.2) is 89.3 Å². The SMILES string of the molecule is CCc1ccc(N2CC(Oc3cc([C@@H]4CN(C(=O)[C@@H](O)CO)C[C@@]4(C)[C@@H](C)O)ccc3OC)C2)nc1. The van der Waals surface area contributed by atoms with Gasteiger partial charge in [-0.05, 0) is 42.7 Å². The lowest BCUT2D eigenvalue weighted by molar-refractivity contribution is -0.141. The molecule has 0 radical (unpaired) electrons. The Balaban J connectivity index is 1.50. The van der Waals surface area contributed by atoms with Gasteiger partial charge in [0.05, 0.1) is 32.9 Å². The molecule has 2 aliphatic heterocycles. The highest BCUT2D eigenvalue weighted by atomic mass is 16.5. The topological polar surface area (TPSA) is 116 Å². The van der Waals surface area contributed by atoms with Crippen molar-refractivity contribution in [3.05, 3.63) is 47.7 Å². The van der Waals surface area contributed by atoms with E-state index in [9.17, 15) is 20.1 Å². The normalized spacial score (nSPS) is 23.8. The summed E-state index contributed by atoms with van der Waals surface area (Å²) < 4.78 is 11.9.